The molecule has 2 aliphatic rings. The highest BCUT2D eigenvalue weighted by atomic mass is 14.7. The van der Waals surface area contributed by atoms with Gasteiger partial charge in [0.1, 0.15) is 0 Å². The van der Waals surface area contributed by atoms with Gasteiger partial charge in [0.25, 0.3) is 0 Å². The van der Waals surface area contributed by atoms with Crippen LogP contribution in [-0.2, 0) is 5.41 Å². The predicted molar refractivity (Wildman–Crippen MR) is 93.4 cm³/mol. The van der Waals surface area contributed by atoms with Gasteiger partial charge in [-0.1, -0.05) is 55.8 Å². The molecule has 0 saturated heterocycles. The van der Waals surface area contributed by atoms with Crippen molar-refractivity contribution in [2.45, 2.75) is 31.6 Å². The van der Waals surface area contributed by atoms with Gasteiger partial charge in [-0.2, -0.15) is 0 Å². The molecular weight excluding hydrogens is 266 g/mol. The molecule has 1 N–H and O–H groups in total. The number of H-pyrrole nitrogens is 1. The fourth-order valence-corrected chi connectivity index (χ4v) is 4.47. The van der Waals surface area contributed by atoms with Crippen molar-refractivity contribution in [3.8, 4) is 0 Å². The minimum Gasteiger partial charge on any atom is -0.355 e. The lowest BCUT2D eigenvalue weighted by Crippen LogP contribution is -2.17. The van der Waals surface area contributed by atoms with E-state index in [2.05, 4.69) is 73.5 Å². The minimum atomic E-state index is 0.136. The first-order valence-electron chi connectivity index (χ1n) is 8.08. The summed E-state index contributed by atoms with van der Waals surface area (Å²) in [4.78, 5) is 3.59. The summed E-state index contributed by atoms with van der Waals surface area (Å²) in [6.45, 7) is 4.75. The summed E-state index contributed by atoms with van der Waals surface area (Å²) >= 11 is 0. The summed E-state index contributed by atoms with van der Waals surface area (Å²) in [7, 11) is 0. The number of allylic oxidation sites excluding steroid dienone is 4. The second kappa shape index (κ2) is 3.92. The van der Waals surface area contributed by atoms with Gasteiger partial charge >= 0.3 is 0 Å². The topological polar surface area (TPSA) is 15.8 Å². The smallest absolute Gasteiger partial charge is 0.0468 e. The normalized spacial score (nSPS) is 21.9. The van der Waals surface area contributed by atoms with E-state index in [1.54, 1.807) is 5.57 Å². The highest BCUT2D eigenvalue weighted by Crippen LogP contribution is 2.53. The average molecular weight is 285 g/mol. The first-order valence-corrected chi connectivity index (χ1v) is 8.08. The molecule has 2 aromatic carbocycles. The first kappa shape index (κ1) is 12.3. The monoisotopic (exact) mass is 285 g/mol. The van der Waals surface area contributed by atoms with Crippen LogP contribution in [0.4, 0.5) is 0 Å². The van der Waals surface area contributed by atoms with Crippen LogP contribution >= 0.6 is 0 Å². The zero-order valence-electron chi connectivity index (χ0n) is 13.0. The maximum absolute atomic E-state index is 3.59. The fraction of sp³-hybridized carbons (Fsp3) is 0.238. The molecule has 108 valence electrons. The third-order valence-electron chi connectivity index (χ3n) is 5.61. The fourth-order valence-electron chi connectivity index (χ4n) is 4.47. The van der Waals surface area contributed by atoms with Gasteiger partial charge in [0.05, 0.1) is 0 Å². The van der Waals surface area contributed by atoms with E-state index in [-0.39, 0.29) is 5.41 Å². The second-order valence-electron chi connectivity index (χ2n) is 7.12. The zero-order chi connectivity index (χ0) is 14.9. The molecule has 0 bridgehead atoms. The molecule has 3 aromatic rings. The number of fused-ring (bicyclic) bond motifs is 6. The van der Waals surface area contributed by atoms with Gasteiger partial charge in [-0.05, 0) is 35.7 Å². The van der Waals surface area contributed by atoms with E-state index in [0.29, 0.717) is 5.92 Å². The number of hydrogen-bond acceptors (Lipinski definition) is 0. The van der Waals surface area contributed by atoms with Gasteiger partial charge in [-0.25, -0.2) is 0 Å². The molecule has 1 heterocycles. The molecular formula is C21H19N. The van der Waals surface area contributed by atoms with Crippen LogP contribution in [0.25, 0.3) is 21.8 Å². The Morgan fingerprint density at radius 2 is 1.91 bits per heavy atom. The number of para-hydroxylation sites is 1. The number of aromatic amines is 1. The van der Waals surface area contributed by atoms with Crippen molar-refractivity contribution in [1.29, 1.82) is 0 Å². The molecule has 0 radical (unpaired) electrons. The Labute approximate surface area is 130 Å². The Morgan fingerprint density at radius 3 is 2.82 bits per heavy atom. The number of rotatable bonds is 0. The zero-order valence-corrected chi connectivity index (χ0v) is 13.0. The molecule has 1 heteroatoms. The van der Waals surface area contributed by atoms with E-state index in [9.17, 15) is 0 Å². The minimum absolute atomic E-state index is 0.136. The number of nitrogens with one attached hydrogen (secondary N) is 1. The van der Waals surface area contributed by atoms with Gasteiger partial charge in [-0.3, -0.25) is 0 Å². The Kier molecular flexibility index (Phi) is 2.19. The number of aromatic nitrogens is 1. The van der Waals surface area contributed by atoms with Crippen LogP contribution in [0.3, 0.4) is 0 Å². The average Bonchev–Trinajstić information content (AvgIpc) is 3.00. The quantitative estimate of drug-likeness (QED) is 0.555. The Balaban J connectivity index is 1.88. The highest BCUT2D eigenvalue weighted by Gasteiger charge is 2.41. The van der Waals surface area contributed by atoms with E-state index in [1.807, 2.05) is 0 Å². The van der Waals surface area contributed by atoms with Crippen LogP contribution in [0, 0.1) is 0 Å². The van der Waals surface area contributed by atoms with Crippen LogP contribution in [-0.4, -0.2) is 4.98 Å². The number of hydrogen-bond donors (Lipinski definition) is 1. The molecule has 0 amide bonds. The summed E-state index contributed by atoms with van der Waals surface area (Å²) in [6.07, 6.45) is 7.99. The number of benzene rings is 2. The molecule has 22 heavy (non-hydrogen) atoms. The lowest BCUT2D eigenvalue weighted by molar-refractivity contribution is 0.613. The summed E-state index contributed by atoms with van der Waals surface area (Å²) in [5.74, 6) is 0.561. The maximum Gasteiger partial charge on any atom is 0.0468 e. The molecule has 5 rings (SSSR count). The van der Waals surface area contributed by atoms with Crippen LogP contribution in [0.2, 0.25) is 0 Å². The molecule has 0 saturated carbocycles. The van der Waals surface area contributed by atoms with Crippen molar-refractivity contribution in [3.05, 3.63) is 71.3 Å². The predicted octanol–water partition coefficient (Wildman–Crippen LogP) is 5.58. The molecule has 0 aliphatic heterocycles. The van der Waals surface area contributed by atoms with Gasteiger partial charge in [0, 0.05) is 33.1 Å². The molecule has 1 unspecified atom stereocenters. The van der Waals surface area contributed by atoms with Crippen LogP contribution < -0.4 is 0 Å². The standard InChI is InChI=1S/C21H19N/c1-21(2)17-9-5-3-7-13(17)15-12-20-16(11-18(15)21)14-8-4-6-10-19(14)22-20/h3-6,8-13,22H,7H2,1-2H3. The SMILES string of the molecule is CC1(C)C2=CC=CCC2c2cc3[nH]c4ccccc4c3cc21. The van der Waals surface area contributed by atoms with E-state index in [1.165, 1.54) is 32.9 Å². The van der Waals surface area contributed by atoms with E-state index < -0.39 is 0 Å². The summed E-state index contributed by atoms with van der Waals surface area (Å²) < 4.78 is 0. The van der Waals surface area contributed by atoms with Crippen molar-refractivity contribution < 1.29 is 0 Å². The summed E-state index contributed by atoms with van der Waals surface area (Å²) in [5.41, 5.74) is 7.23. The maximum atomic E-state index is 3.59. The van der Waals surface area contributed by atoms with E-state index in [0.717, 1.165) is 6.42 Å². The van der Waals surface area contributed by atoms with Crippen LogP contribution in [0.1, 0.15) is 37.3 Å². The molecule has 1 aromatic heterocycles. The molecule has 1 nitrogen and oxygen atoms in total. The highest BCUT2D eigenvalue weighted by molar-refractivity contribution is 6.08. The summed E-state index contributed by atoms with van der Waals surface area (Å²) in [6, 6.07) is 13.4. The van der Waals surface area contributed by atoms with Gasteiger partial charge in [-0.15, -0.1) is 0 Å². The Hall–Kier alpha value is -2.28. The molecule has 0 spiro atoms. The Morgan fingerprint density at radius 1 is 1.05 bits per heavy atom. The van der Waals surface area contributed by atoms with Gasteiger partial charge in [0.15, 0.2) is 0 Å². The van der Waals surface area contributed by atoms with Crippen molar-refractivity contribution in [3.63, 3.8) is 0 Å². The van der Waals surface area contributed by atoms with Gasteiger partial charge < -0.3 is 4.98 Å². The van der Waals surface area contributed by atoms with Gasteiger partial charge in [0.2, 0.25) is 0 Å². The van der Waals surface area contributed by atoms with E-state index >= 15 is 0 Å². The van der Waals surface area contributed by atoms with Crippen LogP contribution in [0.15, 0.2) is 60.2 Å². The third kappa shape index (κ3) is 1.39. The summed E-state index contributed by atoms with van der Waals surface area (Å²) in [5, 5.41) is 2.69. The van der Waals surface area contributed by atoms with Crippen molar-refractivity contribution in [1.82, 2.24) is 4.98 Å². The lowest BCUT2D eigenvalue weighted by Gasteiger charge is -2.25. The third-order valence-corrected chi connectivity index (χ3v) is 5.61. The molecule has 0 fully saturated rings. The van der Waals surface area contributed by atoms with Crippen LogP contribution in [0.5, 0.6) is 0 Å². The molecule has 2 aliphatic carbocycles. The largest absolute Gasteiger partial charge is 0.355 e. The lowest BCUT2D eigenvalue weighted by atomic mass is 9.79. The van der Waals surface area contributed by atoms with Crippen molar-refractivity contribution >= 4 is 21.8 Å². The first-order chi connectivity index (χ1) is 10.7. The molecule has 1 atom stereocenters. The van der Waals surface area contributed by atoms with Crippen molar-refractivity contribution in [2.24, 2.45) is 0 Å². The Bertz CT molecular complexity index is 982. The van der Waals surface area contributed by atoms with Crippen molar-refractivity contribution in [2.75, 3.05) is 0 Å². The second-order valence-corrected chi connectivity index (χ2v) is 7.12. The van der Waals surface area contributed by atoms with E-state index in [4.69, 9.17) is 0 Å².